The molecular weight excluding hydrogens is 628 g/mol. The number of aliphatic hydroxyl groups is 1. The number of amides is 3. The number of nitrogens with zero attached hydrogens (tertiary/aromatic N) is 4. The smallest absolute Gasteiger partial charge is 0.416 e. The molecule has 1 N–H and O–H groups in total. The van der Waals surface area contributed by atoms with E-state index in [1.54, 1.807) is 47.4 Å². The average Bonchev–Trinajstić information content (AvgIpc) is 3.62. The van der Waals surface area contributed by atoms with E-state index in [-0.39, 0.29) is 30.2 Å². The first-order chi connectivity index (χ1) is 23.6. The van der Waals surface area contributed by atoms with Gasteiger partial charge in [-0.2, -0.15) is 0 Å². The van der Waals surface area contributed by atoms with Gasteiger partial charge < -0.3 is 33.9 Å². The lowest BCUT2D eigenvalue weighted by Crippen LogP contribution is -2.51. The molecule has 0 bridgehead atoms. The predicted molar refractivity (Wildman–Crippen MR) is 184 cm³/mol. The Kier molecular flexibility index (Phi) is 9.96. The maximum Gasteiger partial charge on any atom is 0.416 e. The first kappa shape index (κ1) is 34.0. The summed E-state index contributed by atoms with van der Waals surface area (Å²) in [7, 11) is 1.55. The van der Waals surface area contributed by atoms with E-state index in [1.807, 2.05) is 39.8 Å². The SMILES string of the molecule is CCCOC(=O)N1c2cc(OCCCCCOc3cc4c(cc3OC)C(=O)N3CC(C)=C[C@H]3C=N4)c(C)cc2C(=O)N2CC(C)=C[C@H]2C1O. The highest BCUT2D eigenvalue weighted by Crippen LogP contribution is 2.39. The molecule has 0 aliphatic carbocycles. The highest BCUT2D eigenvalue weighted by molar-refractivity contribution is 6.06. The summed E-state index contributed by atoms with van der Waals surface area (Å²) in [4.78, 5) is 49.2. The molecule has 2 aromatic rings. The molecule has 49 heavy (non-hydrogen) atoms. The quantitative estimate of drug-likeness (QED) is 0.242. The normalized spacial score (nSPS) is 20.9. The zero-order chi connectivity index (χ0) is 34.8. The van der Waals surface area contributed by atoms with E-state index >= 15 is 0 Å². The Hall–Kier alpha value is -4.84. The molecule has 0 spiro atoms. The Labute approximate surface area is 286 Å². The van der Waals surface area contributed by atoms with Gasteiger partial charge >= 0.3 is 6.09 Å². The molecule has 0 saturated carbocycles. The van der Waals surface area contributed by atoms with Crippen LogP contribution in [0.25, 0.3) is 0 Å². The number of rotatable bonds is 11. The van der Waals surface area contributed by atoms with Gasteiger partial charge in [-0.25, -0.2) is 9.69 Å². The number of methoxy groups -OCH3 is 1. The van der Waals surface area contributed by atoms with E-state index in [1.165, 1.54) is 4.90 Å². The van der Waals surface area contributed by atoms with Gasteiger partial charge in [-0.3, -0.25) is 14.6 Å². The first-order valence-corrected chi connectivity index (χ1v) is 16.9. The second-order valence-corrected chi connectivity index (χ2v) is 13.0. The van der Waals surface area contributed by atoms with E-state index in [0.29, 0.717) is 66.8 Å². The molecule has 12 heteroatoms. The highest BCUT2D eigenvalue weighted by atomic mass is 16.6. The van der Waals surface area contributed by atoms with Crippen LogP contribution in [0, 0.1) is 6.92 Å². The van der Waals surface area contributed by atoms with Crippen molar-refractivity contribution in [2.45, 2.75) is 71.7 Å². The van der Waals surface area contributed by atoms with Crippen molar-refractivity contribution in [1.29, 1.82) is 0 Å². The third-order valence-corrected chi connectivity index (χ3v) is 9.15. The number of hydrogen-bond acceptors (Lipinski definition) is 9. The molecule has 0 aromatic heterocycles. The summed E-state index contributed by atoms with van der Waals surface area (Å²) >= 11 is 0. The Morgan fingerprint density at radius 1 is 0.857 bits per heavy atom. The minimum atomic E-state index is -1.31. The molecule has 260 valence electrons. The lowest BCUT2D eigenvalue weighted by atomic mass is 10.1. The minimum absolute atomic E-state index is 0.0837. The van der Waals surface area contributed by atoms with Crippen LogP contribution in [0.3, 0.4) is 0 Å². The summed E-state index contributed by atoms with van der Waals surface area (Å²) in [6.45, 7) is 9.63. The zero-order valence-electron chi connectivity index (χ0n) is 28.7. The van der Waals surface area contributed by atoms with Crippen LogP contribution in [0.5, 0.6) is 17.2 Å². The lowest BCUT2D eigenvalue weighted by molar-refractivity contribution is 0.0547. The fourth-order valence-electron chi connectivity index (χ4n) is 6.68. The number of unbranched alkanes of at least 4 members (excludes halogenated alkanes) is 2. The molecule has 4 heterocycles. The van der Waals surface area contributed by atoms with Gasteiger partial charge in [-0.1, -0.05) is 30.2 Å². The second-order valence-electron chi connectivity index (χ2n) is 13.0. The number of anilines is 1. The monoisotopic (exact) mass is 672 g/mol. The van der Waals surface area contributed by atoms with Crippen molar-refractivity contribution >= 4 is 35.5 Å². The number of carbonyl (C=O) groups excluding carboxylic acids is 3. The maximum atomic E-state index is 13.6. The molecule has 1 unspecified atom stereocenters. The largest absolute Gasteiger partial charge is 0.493 e. The van der Waals surface area contributed by atoms with Gasteiger partial charge in [0.2, 0.25) is 0 Å². The Morgan fingerprint density at radius 3 is 2.29 bits per heavy atom. The highest BCUT2D eigenvalue weighted by Gasteiger charge is 2.44. The number of benzene rings is 2. The topological polar surface area (TPSA) is 130 Å². The Morgan fingerprint density at radius 2 is 1.55 bits per heavy atom. The van der Waals surface area contributed by atoms with Gasteiger partial charge in [0.05, 0.1) is 61.5 Å². The van der Waals surface area contributed by atoms with E-state index in [2.05, 4.69) is 4.99 Å². The van der Waals surface area contributed by atoms with Crippen LogP contribution in [0.4, 0.5) is 16.2 Å². The van der Waals surface area contributed by atoms with E-state index in [4.69, 9.17) is 18.9 Å². The van der Waals surface area contributed by atoms with Crippen molar-refractivity contribution in [2.75, 3.05) is 44.9 Å². The number of fused-ring (bicyclic) bond motifs is 4. The number of aliphatic hydroxyl groups excluding tert-OH is 1. The van der Waals surface area contributed by atoms with Crippen LogP contribution in [-0.2, 0) is 4.74 Å². The minimum Gasteiger partial charge on any atom is -0.493 e. The van der Waals surface area contributed by atoms with Gasteiger partial charge in [-0.15, -0.1) is 0 Å². The molecule has 12 nitrogen and oxygen atoms in total. The lowest BCUT2D eigenvalue weighted by Gasteiger charge is -2.31. The summed E-state index contributed by atoms with van der Waals surface area (Å²) < 4.78 is 23.2. The van der Waals surface area contributed by atoms with Crippen molar-refractivity contribution in [3.63, 3.8) is 0 Å². The molecule has 0 saturated heterocycles. The van der Waals surface area contributed by atoms with Crippen molar-refractivity contribution in [3.05, 3.63) is 64.3 Å². The molecule has 0 radical (unpaired) electrons. The molecule has 4 aliphatic heterocycles. The van der Waals surface area contributed by atoms with Crippen LogP contribution in [0.1, 0.15) is 72.7 Å². The summed E-state index contributed by atoms with van der Waals surface area (Å²) in [6.07, 6.45) is 6.54. The third kappa shape index (κ3) is 6.74. The number of ether oxygens (including phenoxy) is 4. The maximum absolute atomic E-state index is 13.6. The number of carbonyl (C=O) groups is 3. The summed E-state index contributed by atoms with van der Waals surface area (Å²) in [5, 5.41) is 11.4. The Bertz CT molecular complexity index is 1730. The van der Waals surface area contributed by atoms with E-state index < -0.39 is 18.4 Å². The predicted octanol–water partition coefficient (Wildman–Crippen LogP) is 5.57. The van der Waals surface area contributed by atoms with Gasteiger partial charge in [0.15, 0.2) is 17.7 Å². The standard InChI is InChI=1S/C37H44N4O8/c1-6-10-49-37(45)41-29-18-31(24(4)15-27(29)35(43)40-21-23(3)14-30(40)36(41)44)47-11-8-7-9-12-48-33-17-28-26(16-32(33)46-5)34(42)39-20-22(2)13-25(39)19-38-28/h13-19,25,30,36,44H,6-12,20-21H2,1-5H3/t25-,30-,36?/m0/s1. The fraction of sp³-hybridized carbons (Fsp3) is 0.459. The molecular formula is C37H44N4O8. The molecule has 3 amide bonds. The molecule has 4 aliphatic rings. The van der Waals surface area contributed by atoms with Crippen molar-refractivity contribution in [2.24, 2.45) is 4.99 Å². The van der Waals surface area contributed by atoms with Gasteiger partial charge in [0, 0.05) is 31.4 Å². The first-order valence-electron chi connectivity index (χ1n) is 16.9. The van der Waals surface area contributed by atoms with Gasteiger partial charge in [0.1, 0.15) is 5.75 Å². The zero-order valence-corrected chi connectivity index (χ0v) is 28.7. The number of hydrogen-bond donors (Lipinski definition) is 1. The van der Waals surface area contributed by atoms with Gasteiger partial charge in [-0.05, 0) is 64.2 Å². The van der Waals surface area contributed by atoms with Crippen LogP contribution >= 0.6 is 0 Å². The summed E-state index contributed by atoms with van der Waals surface area (Å²) in [5.41, 5.74) is 4.46. The second kappa shape index (κ2) is 14.3. The van der Waals surface area contributed by atoms with Crippen LogP contribution in [-0.4, -0.2) is 97.4 Å². The molecule has 3 atom stereocenters. The van der Waals surface area contributed by atoms with Crippen molar-refractivity contribution in [1.82, 2.24) is 9.80 Å². The van der Waals surface area contributed by atoms with Gasteiger partial charge in [0.25, 0.3) is 11.8 Å². The van der Waals surface area contributed by atoms with E-state index in [9.17, 15) is 19.5 Å². The Balaban J connectivity index is 1.07. The summed E-state index contributed by atoms with van der Waals surface area (Å²) in [5.74, 6) is 1.19. The molecule has 0 fully saturated rings. The third-order valence-electron chi connectivity index (χ3n) is 9.15. The van der Waals surface area contributed by atoms with Crippen LogP contribution < -0.4 is 19.1 Å². The molecule has 2 aromatic carbocycles. The van der Waals surface area contributed by atoms with Crippen LogP contribution in [0.2, 0.25) is 0 Å². The van der Waals surface area contributed by atoms with Crippen molar-refractivity contribution in [3.8, 4) is 17.2 Å². The average molecular weight is 673 g/mol. The molecule has 6 rings (SSSR count). The summed E-state index contributed by atoms with van der Waals surface area (Å²) in [6, 6.07) is 6.01. The van der Waals surface area contributed by atoms with E-state index in [0.717, 1.165) is 36.0 Å². The van der Waals surface area contributed by atoms with Crippen LogP contribution in [0.15, 0.2) is 52.6 Å². The van der Waals surface area contributed by atoms with Crippen molar-refractivity contribution < 1.29 is 38.4 Å². The number of aliphatic imine (C=N–C) groups is 1. The number of aryl methyl sites for hydroxylation is 1. The fourth-order valence-corrected chi connectivity index (χ4v) is 6.68.